The summed E-state index contributed by atoms with van der Waals surface area (Å²) >= 11 is 5.89. The van der Waals surface area contributed by atoms with Gasteiger partial charge in [-0.3, -0.25) is 9.78 Å². The van der Waals surface area contributed by atoms with E-state index in [1.807, 2.05) is 19.9 Å². The number of allylic oxidation sites excluding steroid dienone is 3. The molecule has 0 aliphatic heterocycles. The molecular formula is C22H24ClNO5. The lowest BCUT2D eigenvalue weighted by atomic mass is 10.0. The molecule has 0 fully saturated rings. The molecule has 0 unspecified atom stereocenters. The highest BCUT2D eigenvalue weighted by molar-refractivity contribution is 6.30. The van der Waals surface area contributed by atoms with Crippen LogP contribution in [0.4, 0.5) is 0 Å². The monoisotopic (exact) mass is 417 g/mol. The van der Waals surface area contributed by atoms with E-state index < -0.39 is 0 Å². The maximum atomic E-state index is 12.4. The Morgan fingerprint density at radius 3 is 2.59 bits per heavy atom. The molecule has 6 nitrogen and oxygen atoms in total. The summed E-state index contributed by atoms with van der Waals surface area (Å²) in [6.07, 6.45) is 8.14. The minimum absolute atomic E-state index is 0.0266. The Kier molecular flexibility index (Phi) is 8.24. The third kappa shape index (κ3) is 6.07. The molecule has 154 valence electrons. The highest BCUT2D eigenvalue weighted by Crippen LogP contribution is 2.40. The van der Waals surface area contributed by atoms with E-state index in [4.69, 9.17) is 25.8 Å². The maximum Gasteiger partial charge on any atom is 0.188 e. The lowest BCUT2D eigenvalue weighted by Crippen LogP contribution is -2.04. The third-order valence-corrected chi connectivity index (χ3v) is 4.23. The van der Waals surface area contributed by atoms with Crippen LogP contribution in [0.1, 0.15) is 35.3 Å². The number of ketones is 1. The van der Waals surface area contributed by atoms with Gasteiger partial charge in [-0.15, -0.1) is 0 Å². The van der Waals surface area contributed by atoms with Crippen molar-refractivity contribution < 1.29 is 24.1 Å². The highest BCUT2D eigenvalue weighted by atomic mass is 35.5. The van der Waals surface area contributed by atoms with Gasteiger partial charge in [0, 0.05) is 36.7 Å². The van der Waals surface area contributed by atoms with Gasteiger partial charge in [0.1, 0.15) is 17.2 Å². The number of phenols is 1. The van der Waals surface area contributed by atoms with Crippen molar-refractivity contribution in [2.75, 3.05) is 21.0 Å². The largest absolute Gasteiger partial charge is 0.507 e. The number of methoxy groups -OCH3 is 2. The molecule has 0 bridgehead atoms. The van der Waals surface area contributed by atoms with Crippen molar-refractivity contribution in [2.45, 2.75) is 20.3 Å². The van der Waals surface area contributed by atoms with Crippen molar-refractivity contribution in [2.24, 2.45) is 0 Å². The molecular weight excluding hydrogens is 394 g/mol. The lowest BCUT2D eigenvalue weighted by molar-refractivity contribution is 0.0502. The van der Waals surface area contributed by atoms with Crippen LogP contribution in [-0.2, 0) is 11.2 Å². The van der Waals surface area contributed by atoms with Crippen LogP contribution in [0.3, 0.4) is 0 Å². The molecule has 1 aromatic heterocycles. The van der Waals surface area contributed by atoms with Crippen molar-refractivity contribution in [3.05, 3.63) is 64.0 Å². The Morgan fingerprint density at radius 2 is 1.97 bits per heavy atom. The van der Waals surface area contributed by atoms with Gasteiger partial charge in [0.2, 0.25) is 0 Å². The molecule has 1 N–H and O–H groups in total. The molecule has 2 aromatic rings. The number of nitrogens with zero attached hydrogens (tertiary/aromatic N) is 1. The number of pyridine rings is 1. The molecule has 0 spiro atoms. The fraction of sp³-hybridized carbons (Fsp3) is 0.273. The standard InChI is InChI=1S/C22H24ClNO5/c1-14(2)5-6-18-21(29-13-27-3)10-20(28-4)17(22(18)26)7-8-19(25)15-9-16(23)12-24-11-15/h5,7-12,26H,6,13H2,1-4H3. The molecule has 1 heterocycles. The Morgan fingerprint density at radius 1 is 1.21 bits per heavy atom. The predicted molar refractivity (Wildman–Crippen MR) is 113 cm³/mol. The molecule has 0 saturated heterocycles. The van der Waals surface area contributed by atoms with Gasteiger partial charge in [-0.05, 0) is 38.5 Å². The van der Waals surface area contributed by atoms with Gasteiger partial charge in [0.25, 0.3) is 0 Å². The van der Waals surface area contributed by atoms with Crippen LogP contribution in [0.25, 0.3) is 6.08 Å². The average molecular weight is 418 g/mol. The summed E-state index contributed by atoms with van der Waals surface area (Å²) in [7, 11) is 2.99. The van der Waals surface area contributed by atoms with Crippen molar-refractivity contribution in [3.63, 3.8) is 0 Å². The first kappa shape index (κ1) is 22.5. The molecule has 0 atom stereocenters. The van der Waals surface area contributed by atoms with Gasteiger partial charge in [-0.25, -0.2) is 0 Å². The Labute approximate surface area is 175 Å². The number of benzene rings is 1. The van der Waals surface area contributed by atoms with E-state index in [2.05, 4.69) is 4.98 Å². The first-order valence-corrected chi connectivity index (χ1v) is 9.26. The van der Waals surface area contributed by atoms with Crippen molar-refractivity contribution in [3.8, 4) is 17.2 Å². The topological polar surface area (TPSA) is 77.9 Å². The first-order chi connectivity index (χ1) is 13.9. The van der Waals surface area contributed by atoms with Crippen LogP contribution in [0.15, 0.2) is 42.3 Å². The third-order valence-electron chi connectivity index (χ3n) is 4.02. The Hall–Kier alpha value is -2.83. The van der Waals surface area contributed by atoms with Crippen molar-refractivity contribution in [1.82, 2.24) is 4.98 Å². The van der Waals surface area contributed by atoms with Crippen molar-refractivity contribution in [1.29, 1.82) is 0 Å². The van der Waals surface area contributed by atoms with E-state index in [1.54, 1.807) is 6.07 Å². The summed E-state index contributed by atoms with van der Waals surface area (Å²) in [5, 5.41) is 11.3. The minimum atomic E-state index is -0.299. The zero-order valence-electron chi connectivity index (χ0n) is 16.9. The van der Waals surface area contributed by atoms with Crippen LogP contribution in [0, 0.1) is 0 Å². The fourth-order valence-corrected chi connectivity index (χ4v) is 2.74. The van der Waals surface area contributed by atoms with Gasteiger partial charge < -0.3 is 19.3 Å². The number of carbonyl (C=O) groups excluding carboxylic acids is 1. The molecule has 29 heavy (non-hydrogen) atoms. The van der Waals surface area contributed by atoms with Crippen molar-refractivity contribution >= 4 is 23.5 Å². The smallest absolute Gasteiger partial charge is 0.188 e. The van der Waals surface area contributed by atoms with E-state index in [9.17, 15) is 9.90 Å². The maximum absolute atomic E-state index is 12.4. The Bertz CT molecular complexity index is 933. The quantitative estimate of drug-likeness (QED) is 0.272. The summed E-state index contributed by atoms with van der Waals surface area (Å²) < 4.78 is 16.0. The molecule has 0 aliphatic rings. The van der Waals surface area contributed by atoms with Gasteiger partial charge in [-0.2, -0.15) is 0 Å². The van der Waals surface area contributed by atoms with Gasteiger partial charge in [-0.1, -0.05) is 23.3 Å². The van der Waals surface area contributed by atoms with E-state index in [0.717, 1.165) is 5.57 Å². The highest BCUT2D eigenvalue weighted by Gasteiger charge is 2.18. The second-order valence-electron chi connectivity index (χ2n) is 6.44. The van der Waals surface area contributed by atoms with Crippen LogP contribution in [-0.4, -0.2) is 36.9 Å². The molecule has 0 amide bonds. The molecule has 0 aliphatic carbocycles. The van der Waals surface area contributed by atoms with E-state index in [1.165, 1.54) is 44.8 Å². The fourth-order valence-electron chi connectivity index (χ4n) is 2.57. The van der Waals surface area contributed by atoms with Crippen LogP contribution in [0.2, 0.25) is 5.02 Å². The second-order valence-corrected chi connectivity index (χ2v) is 6.88. The lowest BCUT2D eigenvalue weighted by Gasteiger charge is -2.16. The number of rotatable bonds is 9. The zero-order valence-corrected chi connectivity index (χ0v) is 17.6. The van der Waals surface area contributed by atoms with Gasteiger partial charge in [0.15, 0.2) is 12.6 Å². The number of phenolic OH excluding ortho intramolecular Hbond substituents is 1. The number of hydrogen-bond acceptors (Lipinski definition) is 6. The minimum Gasteiger partial charge on any atom is -0.507 e. The summed E-state index contributed by atoms with van der Waals surface area (Å²) in [5.74, 6) is 0.484. The number of carbonyl (C=O) groups is 1. The van der Waals surface area contributed by atoms with Gasteiger partial charge in [0.05, 0.1) is 17.7 Å². The van der Waals surface area contributed by atoms with Crippen LogP contribution >= 0.6 is 11.6 Å². The molecule has 7 heteroatoms. The molecule has 0 radical (unpaired) electrons. The predicted octanol–water partition coefficient (Wildman–Crippen LogP) is 4.84. The summed E-state index contributed by atoms with van der Waals surface area (Å²) in [6, 6.07) is 3.19. The molecule has 2 rings (SSSR count). The van der Waals surface area contributed by atoms with E-state index >= 15 is 0 Å². The number of ether oxygens (including phenoxy) is 3. The number of aromatic nitrogens is 1. The average Bonchev–Trinajstić information content (AvgIpc) is 2.69. The summed E-state index contributed by atoms with van der Waals surface area (Å²) in [4.78, 5) is 16.3. The van der Waals surface area contributed by atoms with E-state index in [-0.39, 0.29) is 18.3 Å². The molecule has 1 aromatic carbocycles. The Balaban J connectivity index is 2.47. The summed E-state index contributed by atoms with van der Waals surface area (Å²) in [6.45, 7) is 3.96. The van der Waals surface area contributed by atoms with E-state index in [0.29, 0.717) is 39.6 Å². The van der Waals surface area contributed by atoms with Gasteiger partial charge >= 0.3 is 0 Å². The summed E-state index contributed by atoms with van der Waals surface area (Å²) in [5.41, 5.74) is 2.38. The second kappa shape index (κ2) is 10.6. The van der Waals surface area contributed by atoms with Crippen LogP contribution < -0.4 is 9.47 Å². The molecule has 0 saturated carbocycles. The number of hydrogen-bond donors (Lipinski definition) is 1. The number of halogens is 1. The normalized spacial score (nSPS) is 10.8. The number of aromatic hydroxyl groups is 1. The first-order valence-electron chi connectivity index (χ1n) is 8.88. The zero-order chi connectivity index (χ0) is 21.4. The SMILES string of the molecule is COCOc1cc(OC)c(C=CC(=O)c2cncc(Cl)c2)c(O)c1CC=C(C)C. The van der Waals surface area contributed by atoms with Crippen LogP contribution in [0.5, 0.6) is 17.2 Å².